The van der Waals surface area contributed by atoms with Gasteiger partial charge in [0.05, 0.1) is 24.3 Å². The topological polar surface area (TPSA) is 79.5 Å². The predicted molar refractivity (Wildman–Crippen MR) is 109 cm³/mol. The fourth-order valence-corrected chi connectivity index (χ4v) is 3.24. The van der Waals surface area contributed by atoms with Crippen LogP contribution in [0.15, 0.2) is 54.6 Å². The zero-order valence-corrected chi connectivity index (χ0v) is 16.1. The van der Waals surface area contributed by atoms with Gasteiger partial charge in [0.25, 0.3) is 5.91 Å². The molecule has 148 valence electrons. The second-order valence-electron chi connectivity index (χ2n) is 6.94. The lowest BCUT2D eigenvalue weighted by molar-refractivity contribution is -0.120. The molecule has 0 bridgehead atoms. The van der Waals surface area contributed by atoms with Crippen LogP contribution in [0, 0.1) is 0 Å². The first-order chi connectivity index (χ1) is 13.6. The Morgan fingerprint density at radius 2 is 1.86 bits per heavy atom. The molecule has 6 nitrogen and oxygen atoms in total. The fourth-order valence-electron chi connectivity index (χ4n) is 3.24. The number of hydrogen-bond acceptors (Lipinski definition) is 4. The zero-order chi connectivity index (χ0) is 19.8. The molecule has 0 saturated carbocycles. The zero-order valence-electron chi connectivity index (χ0n) is 16.1. The Morgan fingerprint density at radius 3 is 2.61 bits per heavy atom. The largest absolute Gasteiger partial charge is 0.376 e. The Kier molecular flexibility index (Phi) is 7.03. The molecule has 2 aromatic rings. The molecule has 0 spiro atoms. The van der Waals surface area contributed by atoms with E-state index in [0.29, 0.717) is 17.8 Å². The van der Waals surface area contributed by atoms with Crippen LogP contribution >= 0.6 is 0 Å². The highest BCUT2D eigenvalue weighted by molar-refractivity contribution is 6.00. The van der Waals surface area contributed by atoms with Gasteiger partial charge in [0.1, 0.15) is 0 Å². The smallest absolute Gasteiger partial charge is 0.253 e. The van der Waals surface area contributed by atoms with Gasteiger partial charge in [-0.15, -0.1) is 0 Å². The minimum atomic E-state index is -0.170. The maximum absolute atomic E-state index is 12.5. The van der Waals surface area contributed by atoms with E-state index in [1.54, 1.807) is 12.1 Å². The quantitative estimate of drug-likeness (QED) is 0.657. The van der Waals surface area contributed by atoms with Crippen molar-refractivity contribution in [3.05, 3.63) is 65.7 Å². The minimum absolute atomic E-state index is 0.0829. The summed E-state index contributed by atoms with van der Waals surface area (Å²) in [7, 11) is 0. The van der Waals surface area contributed by atoms with E-state index in [1.165, 1.54) is 0 Å². The summed E-state index contributed by atoms with van der Waals surface area (Å²) in [4.78, 5) is 24.8. The maximum Gasteiger partial charge on any atom is 0.253 e. The third-order valence-corrected chi connectivity index (χ3v) is 4.80. The third kappa shape index (κ3) is 5.57. The number of rotatable bonds is 8. The summed E-state index contributed by atoms with van der Waals surface area (Å²) >= 11 is 0. The Balaban J connectivity index is 1.52. The monoisotopic (exact) mass is 381 g/mol. The number of benzene rings is 2. The normalized spacial score (nSPS) is 17.0. The molecule has 2 atom stereocenters. The second kappa shape index (κ2) is 9.90. The summed E-state index contributed by atoms with van der Waals surface area (Å²) in [5, 5.41) is 8.95. The fraction of sp³-hybridized carbons (Fsp3) is 0.364. The molecule has 2 amide bonds. The van der Waals surface area contributed by atoms with Gasteiger partial charge in [-0.25, -0.2) is 0 Å². The van der Waals surface area contributed by atoms with Crippen molar-refractivity contribution in [3.8, 4) is 0 Å². The highest BCUT2D eigenvalue weighted by Gasteiger charge is 2.18. The molecule has 1 aliphatic heterocycles. The van der Waals surface area contributed by atoms with Crippen LogP contribution in [-0.4, -0.2) is 37.6 Å². The van der Waals surface area contributed by atoms with Gasteiger partial charge < -0.3 is 20.7 Å². The summed E-state index contributed by atoms with van der Waals surface area (Å²) in [5.74, 6) is -0.303. The Hall–Kier alpha value is -2.86. The Labute approximate surface area is 165 Å². The van der Waals surface area contributed by atoms with Crippen molar-refractivity contribution >= 4 is 17.5 Å². The van der Waals surface area contributed by atoms with Gasteiger partial charge in [0, 0.05) is 18.8 Å². The SMILES string of the molecule is C[C@H](NC(=O)CNc1ccccc1C(=O)NC[C@H]1CCCO1)c1ccccc1. The molecule has 3 N–H and O–H groups in total. The number of carbonyl (C=O) groups excluding carboxylic acids is 2. The van der Waals surface area contributed by atoms with Gasteiger partial charge in [-0.05, 0) is 37.5 Å². The first kappa shape index (κ1) is 19.9. The molecule has 3 rings (SSSR count). The molecule has 1 saturated heterocycles. The van der Waals surface area contributed by atoms with E-state index in [0.717, 1.165) is 25.0 Å². The molecule has 1 aliphatic rings. The van der Waals surface area contributed by atoms with Crippen molar-refractivity contribution in [1.82, 2.24) is 10.6 Å². The molecule has 1 heterocycles. The number of hydrogen-bond donors (Lipinski definition) is 3. The lowest BCUT2D eigenvalue weighted by atomic mass is 10.1. The van der Waals surface area contributed by atoms with Crippen LogP contribution in [0.1, 0.15) is 41.7 Å². The van der Waals surface area contributed by atoms with Crippen molar-refractivity contribution in [3.63, 3.8) is 0 Å². The van der Waals surface area contributed by atoms with Gasteiger partial charge in [-0.2, -0.15) is 0 Å². The molecular weight excluding hydrogens is 354 g/mol. The van der Waals surface area contributed by atoms with E-state index < -0.39 is 0 Å². The molecule has 2 aromatic carbocycles. The highest BCUT2D eigenvalue weighted by atomic mass is 16.5. The third-order valence-electron chi connectivity index (χ3n) is 4.80. The van der Waals surface area contributed by atoms with E-state index in [2.05, 4.69) is 16.0 Å². The van der Waals surface area contributed by atoms with Crippen LogP contribution in [0.5, 0.6) is 0 Å². The molecule has 0 radical (unpaired) electrons. The number of ether oxygens (including phenoxy) is 1. The number of nitrogens with one attached hydrogen (secondary N) is 3. The van der Waals surface area contributed by atoms with Crippen LogP contribution in [0.4, 0.5) is 5.69 Å². The van der Waals surface area contributed by atoms with Gasteiger partial charge in [0.2, 0.25) is 5.91 Å². The van der Waals surface area contributed by atoms with E-state index in [9.17, 15) is 9.59 Å². The van der Waals surface area contributed by atoms with Crippen LogP contribution in [0.3, 0.4) is 0 Å². The highest BCUT2D eigenvalue weighted by Crippen LogP contribution is 2.16. The molecule has 6 heteroatoms. The molecule has 0 aromatic heterocycles. The molecule has 0 unspecified atom stereocenters. The van der Waals surface area contributed by atoms with Crippen molar-refractivity contribution < 1.29 is 14.3 Å². The molecule has 1 fully saturated rings. The van der Waals surface area contributed by atoms with E-state index in [-0.39, 0.29) is 30.5 Å². The summed E-state index contributed by atoms with van der Waals surface area (Å²) in [6.07, 6.45) is 2.10. The van der Waals surface area contributed by atoms with Crippen LogP contribution in [0.2, 0.25) is 0 Å². The van der Waals surface area contributed by atoms with Crippen LogP contribution in [0.25, 0.3) is 0 Å². The van der Waals surface area contributed by atoms with Crippen molar-refractivity contribution in [2.24, 2.45) is 0 Å². The Morgan fingerprint density at radius 1 is 1.11 bits per heavy atom. The first-order valence-electron chi connectivity index (χ1n) is 9.70. The van der Waals surface area contributed by atoms with Gasteiger partial charge in [-0.1, -0.05) is 42.5 Å². The maximum atomic E-state index is 12.5. The average Bonchev–Trinajstić information content (AvgIpc) is 3.25. The second-order valence-corrected chi connectivity index (χ2v) is 6.94. The molecule has 28 heavy (non-hydrogen) atoms. The molecular formula is C22H27N3O3. The summed E-state index contributed by atoms with van der Waals surface area (Å²) in [6.45, 7) is 3.30. The lowest BCUT2D eigenvalue weighted by Crippen LogP contribution is -2.34. The summed E-state index contributed by atoms with van der Waals surface area (Å²) < 4.78 is 5.54. The standard InChI is InChI=1S/C22H27N3O3/c1-16(17-8-3-2-4-9-17)25-21(26)15-23-20-12-6-5-11-19(20)22(27)24-14-18-10-7-13-28-18/h2-6,8-9,11-12,16,18,23H,7,10,13-15H2,1H3,(H,24,27)(H,25,26)/t16-,18+/m0/s1. The average molecular weight is 381 g/mol. The Bertz CT molecular complexity index is 789. The number of anilines is 1. The van der Waals surface area contributed by atoms with Gasteiger partial charge in [0.15, 0.2) is 0 Å². The minimum Gasteiger partial charge on any atom is -0.376 e. The summed E-state index contributed by atoms with van der Waals surface area (Å²) in [5.41, 5.74) is 2.20. The van der Waals surface area contributed by atoms with E-state index >= 15 is 0 Å². The number of amides is 2. The van der Waals surface area contributed by atoms with Crippen LogP contribution in [-0.2, 0) is 9.53 Å². The van der Waals surface area contributed by atoms with Crippen LogP contribution < -0.4 is 16.0 Å². The van der Waals surface area contributed by atoms with Crippen molar-refractivity contribution in [2.75, 3.05) is 25.0 Å². The molecule has 0 aliphatic carbocycles. The van der Waals surface area contributed by atoms with Crippen molar-refractivity contribution in [1.29, 1.82) is 0 Å². The lowest BCUT2D eigenvalue weighted by Gasteiger charge is -2.16. The number of para-hydroxylation sites is 1. The van der Waals surface area contributed by atoms with E-state index in [4.69, 9.17) is 4.74 Å². The predicted octanol–water partition coefficient (Wildman–Crippen LogP) is 2.88. The number of carbonyl (C=O) groups is 2. The summed E-state index contributed by atoms with van der Waals surface area (Å²) in [6, 6.07) is 16.9. The first-order valence-corrected chi connectivity index (χ1v) is 9.70. The van der Waals surface area contributed by atoms with Gasteiger partial charge >= 0.3 is 0 Å². The van der Waals surface area contributed by atoms with E-state index in [1.807, 2.05) is 49.4 Å². The van der Waals surface area contributed by atoms with Crippen molar-refractivity contribution in [2.45, 2.75) is 31.9 Å². The van der Waals surface area contributed by atoms with Gasteiger partial charge in [-0.3, -0.25) is 9.59 Å².